The van der Waals surface area contributed by atoms with Gasteiger partial charge in [-0.25, -0.2) is 0 Å². The molecule has 1 aromatic heterocycles. The number of halogens is 1. The summed E-state index contributed by atoms with van der Waals surface area (Å²) in [7, 11) is 0. The van der Waals surface area contributed by atoms with Crippen molar-refractivity contribution < 1.29 is 14.3 Å². The predicted octanol–water partition coefficient (Wildman–Crippen LogP) is 3.57. The fourth-order valence-corrected chi connectivity index (χ4v) is 2.97. The zero-order valence-electron chi connectivity index (χ0n) is 11.0. The predicted molar refractivity (Wildman–Crippen MR) is 85.5 cm³/mol. The van der Waals surface area contributed by atoms with E-state index in [1.807, 2.05) is 29.6 Å². The number of fused-ring (bicyclic) bond motifs is 1. The zero-order valence-corrected chi connectivity index (χ0v) is 13.4. The fraction of sp³-hybridized carbons (Fsp3) is 0.133. The summed E-state index contributed by atoms with van der Waals surface area (Å²) in [4.78, 5) is 12.9. The van der Waals surface area contributed by atoms with Crippen LogP contribution >= 0.6 is 27.3 Å². The first-order valence-electron chi connectivity index (χ1n) is 6.30. The Labute approximate surface area is 134 Å². The van der Waals surface area contributed by atoms with Crippen molar-refractivity contribution in [2.24, 2.45) is 0 Å². The Hall–Kier alpha value is -1.79. The summed E-state index contributed by atoms with van der Waals surface area (Å²) in [5.74, 6) is 1.27. The highest BCUT2D eigenvalue weighted by molar-refractivity contribution is 9.10. The summed E-state index contributed by atoms with van der Waals surface area (Å²) in [5, 5.41) is 4.83. The molecule has 0 aliphatic carbocycles. The summed E-state index contributed by atoms with van der Waals surface area (Å²) < 4.78 is 11.5. The highest BCUT2D eigenvalue weighted by Gasteiger charge is 2.15. The molecule has 0 fully saturated rings. The maximum atomic E-state index is 11.8. The van der Waals surface area contributed by atoms with Crippen LogP contribution in [0.1, 0.15) is 10.4 Å². The van der Waals surface area contributed by atoms with Crippen LogP contribution in [0.2, 0.25) is 0 Å². The quantitative estimate of drug-likeness (QED) is 0.842. The molecular weight excluding hydrogens is 354 g/mol. The van der Waals surface area contributed by atoms with Crippen molar-refractivity contribution in [1.29, 1.82) is 0 Å². The first-order valence-corrected chi connectivity index (χ1v) is 7.97. The van der Waals surface area contributed by atoms with E-state index in [1.165, 1.54) is 6.08 Å². The number of amides is 1. The Morgan fingerprint density at radius 3 is 2.95 bits per heavy atom. The van der Waals surface area contributed by atoms with E-state index >= 15 is 0 Å². The van der Waals surface area contributed by atoms with E-state index in [4.69, 9.17) is 9.47 Å². The molecule has 4 nitrogen and oxygen atoms in total. The molecule has 0 bridgehead atoms. The molecule has 108 valence electrons. The third-order valence-electron chi connectivity index (χ3n) is 2.92. The van der Waals surface area contributed by atoms with E-state index < -0.39 is 0 Å². The molecule has 1 aliphatic heterocycles. The van der Waals surface area contributed by atoms with E-state index in [0.29, 0.717) is 18.0 Å². The van der Waals surface area contributed by atoms with Crippen LogP contribution in [0.4, 0.5) is 0 Å². The van der Waals surface area contributed by atoms with Crippen LogP contribution in [0.25, 0.3) is 6.08 Å². The molecule has 0 radical (unpaired) electrons. The molecule has 21 heavy (non-hydrogen) atoms. The number of rotatable bonds is 4. The summed E-state index contributed by atoms with van der Waals surface area (Å²) in [5.41, 5.74) is 0.866. The average molecular weight is 366 g/mol. The Morgan fingerprint density at radius 2 is 2.19 bits per heavy atom. The van der Waals surface area contributed by atoms with Gasteiger partial charge in [-0.15, -0.1) is 11.3 Å². The van der Waals surface area contributed by atoms with Gasteiger partial charge < -0.3 is 14.8 Å². The number of nitrogens with one attached hydrogen (secondary N) is 1. The normalized spacial score (nSPS) is 12.8. The second-order valence-corrected chi connectivity index (χ2v) is 6.24. The van der Waals surface area contributed by atoms with Gasteiger partial charge in [0.25, 0.3) is 0 Å². The van der Waals surface area contributed by atoms with Crippen molar-refractivity contribution in [2.75, 3.05) is 6.79 Å². The molecular formula is C15H12BrNO3S. The Bertz CT molecular complexity index is 682. The Balaban J connectivity index is 1.64. The van der Waals surface area contributed by atoms with E-state index in [9.17, 15) is 4.79 Å². The van der Waals surface area contributed by atoms with Gasteiger partial charge in [-0.1, -0.05) is 22.0 Å². The van der Waals surface area contributed by atoms with Crippen molar-refractivity contribution in [3.8, 4) is 11.5 Å². The lowest BCUT2D eigenvalue weighted by Gasteiger charge is -2.02. The number of benzene rings is 1. The minimum atomic E-state index is -0.132. The maximum Gasteiger partial charge on any atom is 0.244 e. The standard InChI is InChI=1S/C15H12BrNO3S/c16-12-7-14-13(19-9-20-14)6-10(12)3-4-15(18)17-8-11-2-1-5-21-11/h1-7H,8-9H2,(H,17,18)/b4-3+. The van der Waals surface area contributed by atoms with Gasteiger partial charge in [-0.3, -0.25) is 4.79 Å². The van der Waals surface area contributed by atoms with Gasteiger partial charge in [-0.05, 0) is 35.2 Å². The molecule has 3 rings (SSSR count). The Morgan fingerprint density at radius 1 is 1.38 bits per heavy atom. The van der Waals surface area contributed by atoms with Crippen LogP contribution in [-0.2, 0) is 11.3 Å². The molecule has 0 saturated carbocycles. The summed E-state index contributed by atoms with van der Waals surface area (Å²) >= 11 is 5.07. The number of carbonyl (C=O) groups is 1. The number of ether oxygens (including phenoxy) is 2. The second-order valence-electron chi connectivity index (χ2n) is 4.36. The SMILES string of the molecule is O=C(/C=C/c1cc2c(cc1Br)OCO2)NCc1cccs1. The Kier molecular flexibility index (Phi) is 4.26. The van der Waals surface area contributed by atoms with Crippen molar-refractivity contribution in [2.45, 2.75) is 6.54 Å². The lowest BCUT2D eigenvalue weighted by molar-refractivity contribution is -0.116. The van der Waals surface area contributed by atoms with Crippen LogP contribution in [-0.4, -0.2) is 12.7 Å². The van der Waals surface area contributed by atoms with E-state index in [0.717, 1.165) is 14.9 Å². The third kappa shape index (κ3) is 3.46. The van der Waals surface area contributed by atoms with Crippen LogP contribution in [0, 0.1) is 0 Å². The van der Waals surface area contributed by atoms with Gasteiger partial charge in [-0.2, -0.15) is 0 Å². The third-order valence-corrected chi connectivity index (χ3v) is 4.49. The summed E-state index contributed by atoms with van der Waals surface area (Å²) in [6.45, 7) is 0.777. The van der Waals surface area contributed by atoms with Gasteiger partial charge >= 0.3 is 0 Å². The van der Waals surface area contributed by atoms with E-state index in [-0.39, 0.29) is 12.7 Å². The van der Waals surface area contributed by atoms with Gasteiger partial charge in [0.1, 0.15) is 0 Å². The molecule has 0 saturated heterocycles. The number of hydrogen-bond acceptors (Lipinski definition) is 4. The van der Waals surface area contributed by atoms with Gasteiger partial charge in [0, 0.05) is 15.4 Å². The van der Waals surface area contributed by atoms with Gasteiger partial charge in [0.2, 0.25) is 12.7 Å². The lowest BCUT2D eigenvalue weighted by Crippen LogP contribution is -2.19. The van der Waals surface area contributed by atoms with Crippen LogP contribution in [0.3, 0.4) is 0 Å². The zero-order chi connectivity index (χ0) is 14.7. The number of carbonyl (C=O) groups excluding carboxylic acids is 1. The van der Waals surface area contributed by atoms with Crippen molar-refractivity contribution >= 4 is 39.2 Å². The van der Waals surface area contributed by atoms with Crippen LogP contribution < -0.4 is 14.8 Å². The van der Waals surface area contributed by atoms with E-state index in [1.54, 1.807) is 17.4 Å². The smallest absolute Gasteiger partial charge is 0.244 e. The molecule has 1 N–H and O–H groups in total. The second kappa shape index (κ2) is 6.32. The maximum absolute atomic E-state index is 11.8. The van der Waals surface area contributed by atoms with E-state index in [2.05, 4.69) is 21.2 Å². The lowest BCUT2D eigenvalue weighted by atomic mass is 10.2. The first-order chi connectivity index (χ1) is 10.2. The van der Waals surface area contributed by atoms with Crippen LogP contribution in [0.5, 0.6) is 11.5 Å². The van der Waals surface area contributed by atoms with Crippen molar-refractivity contribution in [3.05, 3.63) is 50.6 Å². The molecule has 2 aromatic rings. The number of thiophene rings is 1. The molecule has 1 aromatic carbocycles. The minimum absolute atomic E-state index is 0.132. The molecule has 0 atom stereocenters. The first kappa shape index (κ1) is 14.2. The topological polar surface area (TPSA) is 47.6 Å². The monoisotopic (exact) mass is 365 g/mol. The fourth-order valence-electron chi connectivity index (χ4n) is 1.87. The average Bonchev–Trinajstić information content (AvgIpc) is 3.13. The van der Waals surface area contributed by atoms with Crippen molar-refractivity contribution in [3.63, 3.8) is 0 Å². The molecule has 1 amide bonds. The highest BCUT2D eigenvalue weighted by atomic mass is 79.9. The van der Waals surface area contributed by atoms with Crippen molar-refractivity contribution in [1.82, 2.24) is 5.32 Å². The van der Waals surface area contributed by atoms with Gasteiger partial charge in [0.05, 0.1) is 6.54 Å². The number of hydrogen-bond donors (Lipinski definition) is 1. The minimum Gasteiger partial charge on any atom is -0.454 e. The molecule has 1 aliphatic rings. The summed E-state index contributed by atoms with van der Waals surface area (Å²) in [6.07, 6.45) is 3.26. The molecule has 0 spiro atoms. The van der Waals surface area contributed by atoms with Crippen LogP contribution in [0.15, 0.2) is 40.2 Å². The highest BCUT2D eigenvalue weighted by Crippen LogP contribution is 2.37. The summed E-state index contributed by atoms with van der Waals surface area (Å²) in [6, 6.07) is 7.63. The molecule has 0 unspecified atom stereocenters. The molecule has 2 heterocycles. The van der Waals surface area contributed by atoms with Gasteiger partial charge in [0.15, 0.2) is 11.5 Å². The molecule has 6 heteroatoms. The largest absolute Gasteiger partial charge is 0.454 e.